The van der Waals surface area contributed by atoms with Crippen molar-refractivity contribution in [3.63, 3.8) is 0 Å². The summed E-state index contributed by atoms with van der Waals surface area (Å²) >= 11 is 5.98. The van der Waals surface area contributed by atoms with Gasteiger partial charge < -0.3 is 5.32 Å². The van der Waals surface area contributed by atoms with Crippen LogP contribution in [0.1, 0.15) is 6.92 Å². The molecule has 3 atom stereocenters. The highest BCUT2D eigenvalue weighted by Gasteiger charge is 2.25. The van der Waals surface area contributed by atoms with Gasteiger partial charge in [-0.1, -0.05) is 36.8 Å². The van der Waals surface area contributed by atoms with Crippen molar-refractivity contribution in [1.82, 2.24) is 5.32 Å². The van der Waals surface area contributed by atoms with Gasteiger partial charge >= 0.3 is 0 Å². The molecule has 0 aromatic carbocycles. The lowest BCUT2D eigenvalue weighted by Gasteiger charge is -2.25. The molecule has 2 rings (SSSR count). The minimum atomic E-state index is 0. The molecule has 3 heteroatoms. The molecule has 1 aliphatic heterocycles. The van der Waals surface area contributed by atoms with Gasteiger partial charge in [0.25, 0.3) is 0 Å². The van der Waals surface area contributed by atoms with Crippen molar-refractivity contribution in [2.45, 2.75) is 6.92 Å². The summed E-state index contributed by atoms with van der Waals surface area (Å²) < 4.78 is 0. The first-order valence-corrected chi connectivity index (χ1v) is 5.11. The van der Waals surface area contributed by atoms with E-state index in [0.29, 0.717) is 17.8 Å². The van der Waals surface area contributed by atoms with Crippen molar-refractivity contribution in [3.05, 3.63) is 35.5 Å². The Hall–Kier alpha value is -0.400. The molecule has 1 heterocycles. The molecule has 0 radical (unpaired) electrons. The van der Waals surface area contributed by atoms with Crippen molar-refractivity contribution in [1.29, 1.82) is 0 Å². The molecule has 0 saturated carbocycles. The van der Waals surface area contributed by atoms with E-state index in [9.17, 15) is 0 Å². The van der Waals surface area contributed by atoms with Crippen LogP contribution in [0.4, 0.5) is 0 Å². The molecule has 0 aromatic rings. The summed E-state index contributed by atoms with van der Waals surface area (Å²) in [5.41, 5.74) is 0. The third-order valence-corrected chi connectivity index (χ3v) is 3.06. The first-order chi connectivity index (χ1) is 6.27. The second kappa shape index (κ2) is 4.90. The van der Waals surface area contributed by atoms with Crippen LogP contribution in [0.5, 0.6) is 0 Å². The molecule has 2 unspecified atom stereocenters. The number of hydrogen-bond donors (Lipinski definition) is 1. The molecular formula is C11H15Cl2N. The predicted molar refractivity (Wildman–Crippen MR) is 63.6 cm³/mol. The van der Waals surface area contributed by atoms with Gasteiger partial charge in [0.15, 0.2) is 0 Å². The number of rotatable bonds is 0. The van der Waals surface area contributed by atoms with E-state index in [-0.39, 0.29) is 12.4 Å². The maximum absolute atomic E-state index is 5.98. The highest BCUT2D eigenvalue weighted by Crippen LogP contribution is 2.32. The largest absolute Gasteiger partial charge is 0.391 e. The fourth-order valence-corrected chi connectivity index (χ4v) is 2.21. The number of fused-ring (bicyclic) bond motifs is 1. The van der Waals surface area contributed by atoms with E-state index in [0.717, 1.165) is 11.6 Å². The minimum absolute atomic E-state index is 0. The van der Waals surface area contributed by atoms with Gasteiger partial charge in [0.05, 0.1) is 0 Å². The maximum Gasteiger partial charge on any atom is 0.0366 e. The van der Waals surface area contributed by atoms with E-state index < -0.39 is 0 Å². The van der Waals surface area contributed by atoms with Gasteiger partial charge in [-0.3, -0.25) is 0 Å². The molecule has 1 aliphatic carbocycles. The van der Waals surface area contributed by atoms with Gasteiger partial charge in [-0.05, 0) is 24.1 Å². The SMILES string of the molecule is C[C@H]1CNC=CC2C=CC(Cl)=CC21.Cl. The standard InChI is InChI=1S/C11H14ClN.ClH/c1-8-7-13-5-4-9-2-3-10(12)6-11(8)9;/h2-6,8-9,11,13H,7H2,1H3;1H/t8-,9?,11?;/m0./s1. The van der Waals surface area contributed by atoms with E-state index in [2.05, 4.69) is 36.7 Å². The van der Waals surface area contributed by atoms with Crippen LogP contribution in [-0.2, 0) is 0 Å². The van der Waals surface area contributed by atoms with Crippen molar-refractivity contribution >= 4 is 24.0 Å². The molecule has 0 spiro atoms. The van der Waals surface area contributed by atoms with Gasteiger partial charge in [-0.15, -0.1) is 12.4 Å². The van der Waals surface area contributed by atoms with Crippen LogP contribution in [0.2, 0.25) is 0 Å². The van der Waals surface area contributed by atoms with Crippen LogP contribution >= 0.6 is 24.0 Å². The second-order valence-corrected chi connectivity index (χ2v) is 4.25. The Balaban J connectivity index is 0.000000980. The first-order valence-electron chi connectivity index (χ1n) is 4.73. The Morgan fingerprint density at radius 2 is 2.21 bits per heavy atom. The summed E-state index contributed by atoms with van der Waals surface area (Å²) in [7, 11) is 0. The number of hydrogen-bond acceptors (Lipinski definition) is 1. The monoisotopic (exact) mass is 231 g/mol. The van der Waals surface area contributed by atoms with Gasteiger partial charge in [0, 0.05) is 17.5 Å². The minimum Gasteiger partial charge on any atom is -0.391 e. The Kier molecular flexibility index (Phi) is 4.09. The van der Waals surface area contributed by atoms with Gasteiger partial charge in [-0.25, -0.2) is 0 Å². The molecule has 78 valence electrons. The van der Waals surface area contributed by atoms with Crippen LogP contribution in [0.3, 0.4) is 0 Å². The Morgan fingerprint density at radius 1 is 1.43 bits per heavy atom. The fourth-order valence-electron chi connectivity index (χ4n) is 1.99. The molecular weight excluding hydrogens is 217 g/mol. The lowest BCUT2D eigenvalue weighted by Crippen LogP contribution is -2.23. The second-order valence-electron chi connectivity index (χ2n) is 3.81. The number of allylic oxidation sites excluding steroid dienone is 5. The van der Waals surface area contributed by atoms with E-state index in [1.807, 2.05) is 6.08 Å². The van der Waals surface area contributed by atoms with E-state index in [1.54, 1.807) is 0 Å². The normalized spacial score (nSPS) is 34.7. The highest BCUT2D eigenvalue weighted by molar-refractivity contribution is 6.31. The summed E-state index contributed by atoms with van der Waals surface area (Å²) in [5, 5.41) is 4.16. The van der Waals surface area contributed by atoms with Gasteiger partial charge in [0.2, 0.25) is 0 Å². The highest BCUT2D eigenvalue weighted by atomic mass is 35.5. The summed E-state index contributed by atoms with van der Waals surface area (Å²) in [4.78, 5) is 0. The Labute approximate surface area is 96.3 Å². The third kappa shape index (κ3) is 2.34. The molecule has 0 amide bonds. The molecule has 1 nitrogen and oxygen atoms in total. The summed E-state index contributed by atoms with van der Waals surface area (Å²) in [5.74, 6) is 1.72. The van der Waals surface area contributed by atoms with Crippen molar-refractivity contribution in [3.8, 4) is 0 Å². The lowest BCUT2D eigenvalue weighted by molar-refractivity contribution is 0.383. The zero-order valence-electron chi connectivity index (χ0n) is 8.11. The number of halogens is 2. The molecule has 0 bridgehead atoms. The smallest absolute Gasteiger partial charge is 0.0366 e. The zero-order valence-corrected chi connectivity index (χ0v) is 9.68. The molecule has 0 saturated heterocycles. The molecule has 0 fully saturated rings. The average Bonchev–Trinajstić information content (AvgIpc) is 2.29. The third-order valence-electron chi connectivity index (χ3n) is 2.81. The maximum atomic E-state index is 5.98. The Morgan fingerprint density at radius 3 is 3.00 bits per heavy atom. The van der Waals surface area contributed by atoms with Crippen molar-refractivity contribution in [2.24, 2.45) is 17.8 Å². The van der Waals surface area contributed by atoms with E-state index >= 15 is 0 Å². The fraction of sp³-hybridized carbons (Fsp3) is 0.455. The van der Waals surface area contributed by atoms with Crippen molar-refractivity contribution in [2.75, 3.05) is 6.54 Å². The predicted octanol–water partition coefficient (Wildman–Crippen LogP) is 3.09. The topological polar surface area (TPSA) is 12.0 Å². The van der Waals surface area contributed by atoms with Gasteiger partial charge in [-0.2, -0.15) is 0 Å². The summed E-state index contributed by atoms with van der Waals surface area (Å²) in [6.45, 7) is 3.30. The Bertz CT molecular complexity index is 281. The van der Waals surface area contributed by atoms with Crippen LogP contribution in [0, 0.1) is 17.8 Å². The first kappa shape index (κ1) is 11.7. The average molecular weight is 232 g/mol. The molecule has 0 aromatic heterocycles. The number of nitrogens with one attached hydrogen (secondary N) is 1. The van der Waals surface area contributed by atoms with Crippen LogP contribution in [-0.4, -0.2) is 6.54 Å². The molecule has 14 heavy (non-hydrogen) atoms. The lowest BCUT2D eigenvalue weighted by atomic mass is 9.80. The molecule has 1 N–H and O–H groups in total. The zero-order chi connectivity index (χ0) is 9.26. The van der Waals surface area contributed by atoms with Crippen LogP contribution < -0.4 is 5.32 Å². The molecule has 2 aliphatic rings. The van der Waals surface area contributed by atoms with Crippen LogP contribution in [0.25, 0.3) is 0 Å². The van der Waals surface area contributed by atoms with E-state index in [4.69, 9.17) is 11.6 Å². The van der Waals surface area contributed by atoms with E-state index in [1.165, 1.54) is 0 Å². The quantitative estimate of drug-likeness (QED) is 0.676. The summed E-state index contributed by atoms with van der Waals surface area (Å²) in [6, 6.07) is 0. The van der Waals surface area contributed by atoms with Gasteiger partial charge in [0.1, 0.15) is 0 Å². The van der Waals surface area contributed by atoms with Crippen LogP contribution in [0.15, 0.2) is 35.5 Å². The summed E-state index contributed by atoms with van der Waals surface area (Å²) in [6.07, 6.45) is 10.6. The van der Waals surface area contributed by atoms with Crippen molar-refractivity contribution < 1.29 is 0 Å².